The summed E-state index contributed by atoms with van der Waals surface area (Å²) in [4.78, 5) is 10.8. The second-order valence-electron chi connectivity index (χ2n) is 3.70. The molecule has 1 nitrogen and oxygen atoms in total. The molecule has 0 aromatic carbocycles. The van der Waals surface area contributed by atoms with E-state index in [4.69, 9.17) is 0 Å². The Balaban J connectivity index is 3.13. The summed E-state index contributed by atoms with van der Waals surface area (Å²) in [5, 5.41) is 0. The number of hydrogen-bond acceptors (Lipinski definition) is 1. The summed E-state index contributed by atoms with van der Waals surface area (Å²) >= 11 is 0. The van der Waals surface area contributed by atoms with Gasteiger partial charge in [-0.25, -0.2) is 4.39 Å². The number of halogens is 1. The van der Waals surface area contributed by atoms with Gasteiger partial charge >= 0.3 is 0 Å². The van der Waals surface area contributed by atoms with Crippen molar-refractivity contribution in [2.24, 2.45) is 0 Å². The molecule has 14 heavy (non-hydrogen) atoms. The molecule has 0 aromatic rings. The molecule has 0 rings (SSSR count). The smallest absolute Gasteiger partial charge is 0.190 e. The van der Waals surface area contributed by atoms with Crippen molar-refractivity contribution >= 4 is 5.78 Å². The first-order valence-electron chi connectivity index (χ1n) is 5.56. The van der Waals surface area contributed by atoms with Crippen molar-refractivity contribution in [3.05, 3.63) is 12.4 Å². The van der Waals surface area contributed by atoms with Crippen LogP contribution in [0.25, 0.3) is 0 Å². The van der Waals surface area contributed by atoms with Gasteiger partial charge in [0.1, 0.15) is 0 Å². The van der Waals surface area contributed by atoms with Gasteiger partial charge in [-0.3, -0.25) is 4.79 Å². The lowest BCUT2D eigenvalue weighted by molar-refractivity contribution is -0.117. The third-order valence-corrected chi connectivity index (χ3v) is 2.31. The van der Waals surface area contributed by atoms with Crippen molar-refractivity contribution in [1.29, 1.82) is 0 Å². The molecule has 0 amide bonds. The number of Topliss-reactive ketones (excluding diaryl/α,β-unsaturated/α-hetero) is 1. The number of unbranched alkanes of at least 4 members (excludes halogenated alkanes) is 6. The fourth-order valence-electron chi connectivity index (χ4n) is 1.38. The van der Waals surface area contributed by atoms with Gasteiger partial charge in [-0.15, -0.1) is 0 Å². The second kappa shape index (κ2) is 8.92. The first kappa shape index (κ1) is 13.3. The van der Waals surface area contributed by atoms with Gasteiger partial charge in [-0.1, -0.05) is 52.0 Å². The van der Waals surface area contributed by atoms with Gasteiger partial charge in [0.05, 0.1) is 0 Å². The molecule has 0 N–H and O–H groups in total. The molecular weight excluding hydrogens is 179 g/mol. The van der Waals surface area contributed by atoms with E-state index in [-0.39, 0.29) is 0 Å². The minimum atomic E-state index is -0.795. The van der Waals surface area contributed by atoms with Crippen LogP contribution in [0.5, 0.6) is 0 Å². The topological polar surface area (TPSA) is 17.1 Å². The van der Waals surface area contributed by atoms with E-state index >= 15 is 0 Å². The Kier molecular flexibility index (Phi) is 8.50. The molecule has 0 atom stereocenters. The van der Waals surface area contributed by atoms with Crippen LogP contribution < -0.4 is 0 Å². The first-order chi connectivity index (χ1) is 6.68. The zero-order valence-electron chi connectivity index (χ0n) is 9.15. The van der Waals surface area contributed by atoms with Crippen molar-refractivity contribution < 1.29 is 9.18 Å². The summed E-state index contributed by atoms with van der Waals surface area (Å²) in [6.07, 6.45) is 8.37. The highest BCUT2D eigenvalue weighted by Crippen LogP contribution is 2.10. The van der Waals surface area contributed by atoms with E-state index in [0.717, 1.165) is 19.3 Å². The number of carbonyl (C=O) groups is 1. The molecule has 0 radical (unpaired) electrons. The normalized spacial score (nSPS) is 10.1. The van der Waals surface area contributed by atoms with E-state index in [1.54, 1.807) is 0 Å². The zero-order chi connectivity index (χ0) is 10.8. The van der Waals surface area contributed by atoms with E-state index < -0.39 is 11.6 Å². The molecule has 82 valence electrons. The van der Waals surface area contributed by atoms with Crippen LogP contribution in [-0.2, 0) is 4.79 Å². The minimum absolute atomic E-state index is 0.323. The second-order valence-corrected chi connectivity index (χ2v) is 3.70. The van der Waals surface area contributed by atoms with Crippen LogP contribution in [0.15, 0.2) is 12.4 Å². The van der Waals surface area contributed by atoms with E-state index in [2.05, 4.69) is 13.5 Å². The van der Waals surface area contributed by atoms with Gasteiger partial charge in [0.2, 0.25) is 0 Å². The van der Waals surface area contributed by atoms with Crippen LogP contribution in [-0.4, -0.2) is 5.78 Å². The lowest BCUT2D eigenvalue weighted by Crippen LogP contribution is -1.96. The van der Waals surface area contributed by atoms with Crippen molar-refractivity contribution in [2.75, 3.05) is 0 Å². The summed E-state index contributed by atoms with van der Waals surface area (Å²) in [5.41, 5.74) is 0. The molecular formula is C12H21FO. The predicted molar refractivity (Wildman–Crippen MR) is 57.9 cm³/mol. The molecule has 0 saturated carbocycles. The summed E-state index contributed by atoms with van der Waals surface area (Å²) in [7, 11) is 0. The fraction of sp³-hybridized carbons (Fsp3) is 0.750. The Morgan fingerprint density at radius 2 is 1.57 bits per heavy atom. The number of allylic oxidation sites excluding steroid dienone is 1. The van der Waals surface area contributed by atoms with E-state index in [1.165, 1.54) is 25.7 Å². The molecule has 0 heterocycles. The Morgan fingerprint density at radius 3 is 2.07 bits per heavy atom. The van der Waals surface area contributed by atoms with Gasteiger partial charge in [-0.05, 0) is 6.42 Å². The zero-order valence-corrected chi connectivity index (χ0v) is 9.15. The number of ketones is 1. The van der Waals surface area contributed by atoms with Crippen LogP contribution in [0.2, 0.25) is 0 Å². The molecule has 0 saturated heterocycles. The standard InChI is InChI=1S/C12H21FO/c1-3-4-5-6-7-8-9-10-12(14)11(2)13/h2-10H2,1H3. The molecule has 2 heteroatoms. The molecule has 0 fully saturated rings. The average molecular weight is 200 g/mol. The van der Waals surface area contributed by atoms with Crippen LogP contribution in [0, 0.1) is 0 Å². The first-order valence-corrected chi connectivity index (χ1v) is 5.56. The van der Waals surface area contributed by atoms with E-state index in [1.807, 2.05) is 0 Å². The number of rotatable bonds is 9. The molecule has 0 aliphatic rings. The molecule has 0 bridgehead atoms. The Hall–Kier alpha value is -0.660. The van der Waals surface area contributed by atoms with E-state index in [0.29, 0.717) is 6.42 Å². The highest BCUT2D eigenvalue weighted by Gasteiger charge is 2.04. The third kappa shape index (κ3) is 7.96. The van der Waals surface area contributed by atoms with Crippen LogP contribution >= 0.6 is 0 Å². The predicted octanol–water partition coefficient (Wildman–Crippen LogP) is 4.18. The quantitative estimate of drug-likeness (QED) is 0.403. The monoisotopic (exact) mass is 200 g/mol. The van der Waals surface area contributed by atoms with Gasteiger partial charge in [-0.2, -0.15) is 0 Å². The Labute approximate surface area is 86.4 Å². The third-order valence-electron chi connectivity index (χ3n) is 2.31. The van der Waals surface area contributed by atoms with Crippen molar-refractivity contribution in [1.82, 2.24) is 0 Å². The Bertz CT molecular complexity index is 175. The largest absolute Gasteiger partial charge is 0.292 e. The molecule has 0 aliphatic carbocycles. The van der Waals surface area contributed by atoms with Crippen molar-refractivity contribution in [3.8, 4) is 0 Å². The lowest BCUT2D eigenvalue weighted by atomic mass is 10.1. The molecule has 0 unspecified atom stereocenters. The summed E-state index contributed by atoms with van der Waals surface area (Å²) in [6.45, 7) is 5.16. The molecule has 0 aliphatic heterocycles. The molecule has 0 spiro atoms. The van der Waals surface area contributed by atoms with Crippen LogP contribution in [0.4, 0.5) is 4.39 Å². The van der Waals surface area contributed by atoms with Gasteiger partial charge in [0.15, 0.2) is 11.6 Å². The maximum Gasteiger partial charge on any atom is 0.190 e. The van der Waals surface area contributed by atoms with Crippen molar-refractivity contribution in [2.45, 2.75) is 58.3 Å². The van der Waals surface area contributed by atoms with Gasteiger partial charge in [0.25, 0.3) is 0 Å². The summed E-state index contributed by atoms with van der Waals surface area (Å²) in [5.74, 6) is -1.23. The summed E-state index contributed by atoms with van der Waals surface area (Å²) < 4.78 is 12.2. The maximum absolute atomic E-state index is 12.2. The highest BCUT2D eigenvalue weighted by molar-refractivity contribution is 5.92. The van der Waals surface area contributed by atoms with Crippen molar-refractivity contribution in [3.63, 3.8) is 0 Å². The number of hydrogen-bond donors (Lipinski definition) is 0. The van der Waals surface area contributed by atoms with Gasteiger partial charge < -0.3 is 0 Å². The fourth-order valence-corrected chi connectivity index (χ4v) is 1.38. The van der Waals surface area contributed by atoms with Gasteiger partial charge in [0, 0.05) is 6.42 Å². The summed E-state index contributed by atoms with van der Waals surface area (Å²) in [6, 6.07) is 0. The lowest BCUT2D eigenvalue weighted by Gasteiger charge is -1.99. The van der Waals surface area contributed by atoms with Crippen LogP contribution in [0.3, 0.4) is 0 Å². The SMILES string of the molecule is C=C(F)C(=O)CCCCCCCCC. The highest BCUT2D eigenvalue weighted by atomic mass is 19.1. The van der Waals surface area contributed by atoms with E-state index in [9.17, 15) is 9.18 Å². The Morgan fingerprint density at radius 1 is 1.07 bits per heavy atom. The average Bonchev–Trinajstić information content (AvgIpc) is 2.16. The maximum atomic E-state index is 12.2. The minimum Gasteiger partial charge on any atom is -0.292 e. The molecule has 0 aromatic heterocycles. The van der Waals surface area contributed by atoms with Crippen LogP contribution in [0.1, 0.15) is 58.3 Å². The number of carbonyl (C=O) groups excluding carboxylic acids is 1.